The minimum absolute atomic E-state index is 0.0326. The molecule has 2 heterocycles. The highest BCUT2D eigenvalue weighted by molar-refractivity contribution is 6.33. The average molecular weight is 473 g/mol. The number of carbonyl (C=O) groups excluding carboxylic acids is 2. The van der Waals surface area contributed by atoms with Crippen LogP contribution < -0.4 is 15.1 Å². The van der Waals surface area contributed by atoms with Crippen LogP contribution in [-0.2, 0) is 6.42 Å². The van der Waals surface area contributed by atoms with Crippen LogP contribution in [0.25, 0.3) is 11.1 Å². The maximum atomic E-state index is 13.3. The molecule has 1 N–H and O–H groups in total. The van der Waals surface area contributed by atoms with Crippen LogP contribution in [0.15, 0.2) is 54.6 Å². The highest BCUT2D eigenvalue weighted by Gasteiger charge is 2.29. The van der Waals surface area contributed by atoms with Crippen molar-refractivity contribution in [3.8, 4) is 11.1 Å². The summed E-state index contributed by atoms with van der Waals surface area (Å²) >= 11 is 6.64. The van der Waals surface area contributed by atoms with E-state index in [1.807, 2.05) is 36.4 Å². The van der Waals surface area contributed by atoms with Gasteiger partial charge in [-0.1, -0.05) is 35.9 Å². The third-order valence-corrected chi connectivity index (χ3v) is 7.41. The van der Waals surface area contributed by atoms with Gasteiger partial charge in [-0.2, -0.15) is 0 Å². The lowest BCUT2D eigenvalue weighted by Crippen LogP contribution is -2.44. The molecule has 3 aromatic carbocycles. The summed E-state index contributed by atoms with van der Waals surface area (Å²) in [5.74, 6) is 0.0326. The van der Waals surface area contributed by atoms with Crippen molar-refractivity contribution in [2.45, 2.75) is 6.42 Å². The minimum Gasteiger partial charge on any atom is -0.368 e. The van der Waals surface area contributed by atoms with E-state index in [0.717, 1.165) is 65.7 Å². The molecule has 2 aliphatic heterocycles. The van der Waals surface area contributed by atoms with Crippen LogP contribution in [0.5, 0.6) is 0 Å². The Morgan fingerprint density at radius 2 is 1.59 bits per heavy atom. The number of likely N-dealkylation sites (N-methyl/N-ethyl adjacent to an activating group) is 1. The standard InChI is InChI=1S/C27H25ClN4O2/c1-30-10-12-31(13-11-30)25-16-24-17(14-23(25)28)8-9-32(24)27(34)29-18-6-7-21-22(15-18)19-4-2-3-5-20(19)26(21)33/h2-7,14-16H,8-13H2,1H3,(H,29,34). The van der Waals surface area contributed by atoms with Crippen LogP contribution in [0, 0.1) is 0 Å². The topological polar surface area (TPSA) is 55.9 Å². The van der Waals surface area contributed by atoms with Gasteiger partial charge in [-0.15, -0.1) is 0 Å². The van der Waals surface area contributed by atoms with Gasteiger partial charge < -0.3 is 15.1 Å². The largest absolute Gasteiger partial charge is 0.368 e. The van der Waals surface area contributed by atoms with E-state index in [4.69, 9.17) is 11.6 Å². The number of ketones is 1. The Labute approximate surface area is 203 Å². The van der Waals surface area contributed by atoms with E-state index in [1.54, 1.807) is 17.0 Å². The first-order chi connectivity index (χ1) is 16.5. The zero-order valence-electron chi connectivity index (χ0n) is 19.0. The van der Waals surface area contributed by atoms with E-state index in [2.05, 4.69) is 28.2 Å². The number of halogens is 1. The van der Waals surface area contributed by atoms with E-state index in [0.29, 0.717) is 23.4 Å². The van der Waals surface area contributed by atoms with Crippen molar-refractivity contribution in [3.63, 3.8) is 0 Å². The van der Waals surface area contributed by atoms with Crippen molar-refractivity contribution < 1.29 is 9.59 Å². The minimum atomic E-state index is -0.178. The fourth-order valence-electron chi connectivity index (χ4n) is 5.19. The van der Waals surface area contributed by atoms with Crippen LogP contribution in [-0.4, -0.2) is 56.5 Å². The SMILES string of the molecule is CN1CCN(c2cc3c(cc2Cl)CCN3C(=O)Nc2ccc3c(c2)-c2ccccc2C3=O)CC1. The van der Waals surface area contributed by atoms with Crippen LogP contribution in [0.2, 0.25) is 5.02 Å². The molecule has 7 heteroatoms. The monoisotopic (exact) mass is 472 g/mol. The molecule has 1 fully saturated rings. The van der Waals surface area contributed by atoms with Gasteiger partial charge in [-0.05, 0) is 60.5 Å². The molecule has 0 saturated carbocycles. The van der Waals surface area contributed by atoms with Crippen molar-refractivity contribution >= 4 is 40.5 Å². The van der Waals surface area contributed by atoms with Gasteiger partial charge in [-0.25, -0.2) is 4.79 Å². The average Bonchev–Trinajstić information content (AvgIpc) is 3.38. The molecular weight excluding hydrogens is 448 g/mol. The van der Waals surface area contributed by atoms with Gasteiger partial charge in [-0.3, -0.25) is 9.69 Å². The van der Waals surface area contributed by atoms with Gasteiger partial charge in [0, 0.05) is 49.5 Å². The van der Waals surface area contributed by atoms with Crippen molar-refractivity contribution in [2.75, 3.05) is 54.9 Å². The fraction of sp³-hybridized carbons (Fsp3) is 0.259. The number of nitrogens with one attached hydrogen (secondary N) is 1. The van der Waals surface area contributed by atoms with E-state index >= 15 is 0 Å². The Hall–Kier alpha value is -3.35. The summed E-state index contributed by atoms with van der Waals surface area (Å²) < 4.78 is 0. The lowest BCUT2D eigenvalue weighted by atomic mass is 10.1. The van der Waals surface area contributed by atoms with Crippen LogP contribution in [0.1, 0.15) is 21.5 Å². The molecule has 3 aliphatic rings. The first kappa shape index (κ1) is 21.2. The molecule has 0 unspecified atom stereocenters. The maximum Gasteiger partial charge on any atom is 0.326 e. The summed E-state index contributed by atoms with van der Waals surface area (Å²) in [6.07, 6.45) is 0.775. The Balaban J connectivity index is 1.26. The molecule has 0 atom stereocenters. The smallest absolute Gasteiger partial charge is 0.326 e. The molecule has 172 valence electrons. The maximum absolute atomic E-state index is 13.3. The first-order valence-electron chi connectivity index (χ1n) is 11.6. The molecule has 34 heavy (non-hydrogen) atoms. The molecule has 6 rings (SSSR count). The molecule has 3 aromatic rings. The van der Waals surface area contributed by atoms with Crippen LogP contribution in [0.4, 0.5) is 21.9 Å². The third-order valence-electron chi connectivity index (χ3n) is 7.11. The second kappa shape index (κ2) is 8.15. The molecule has 0 spiro atoms. The molecule has 6 nitrogen and oxygen atoms in total. The predicted octanol–water partition coefficient (Wildman–Crippen LogP) is 4.90. The quantitative estimate of drug-likeness (QED) is 0.451. The molecule has 0 radical (unpaired) electrons. The van der Waals surface area contributed by atoms with Crippen molar-refractivity contribution in [1.82, 2.24) is 4.90 Å². The number of hydrogen-bond acceptors (Lipinski definition) is 4. The number of benzene rings is 3. The fourth-order valence-corrected chi connectivity index (χ4v) is 5.50. The van der Waals surface area contributed by atoms with Crippen molar-refractivity contribution in [2.24, 2.45) is 0 Å². The Bertz CT molecular complexity index is 1330. The highest BCUT2D eigenvalue weighted by Crippen LogP contribution is 2.40. The number of anilines is 3. The molecular formula is C27H25ClN4O2. The van der Waals surface area contributed by atoms with E-state index in [1.165, 1.54) is 0 Å². The Kier molecular flexibility index (Phi) is 5.08. The summed E-state index contributed by atoms with van der Waals surface area (Å²) in [7, 11) is 2.13. The van der Waals surface area contributed by atoms with E-state index in [-0.39, 0.29) is 11.8 Å². The number of piperazine rings is 1. The number of urea groups is 1. The Morgan fingerprint density at radius 1 is 0.853 bits per heavy atom. The van der Waals surface area contributed by atoms with Gasteiger partial charge in [0.25, 0.3) is 0 Å². The van der Waals surface area contributed by atoms with E-state index in [9.17, 15) is 9.59 Å². The van der Waals surface area contributed by atoms with Gasteiger partial charge in [0.15, 0.2) is 5.78 Å². The summed E-state index contributed by atoms with van der Waals surface area (Å²) in [5, 5.41) is 3.79. The Morgan fingerprint density at radius 3 is 2.38 bits per heavy atom. The van der Waals surface area contributed by atoms with Crippen LogP contribution in [0.3, 0.4) is 0 Å². The third kappa shape index (κ3) is 3.45. The second-order valence-electron chi connectivity index (χ2n) is 9.19. The number of nitrogens with zero attached hydrogens (tertiary/aromatic N) is 3. The number of rotatable bonds is 2. The molecule has 1 saturated heterocycles. The number of amides is 2. The number of hydrogen-bond donors (Lipinski definition) is 1. The van der Waals surface area contributed by atoms with Gasteiger partial charge in [0.1, 0.15) is 0 Å². The number of fused-ring (bicyclic) bond motifs is 4. The first-order valence-corrected chi connectivity index (χ1v) is 12.0. The van der Waals surface area contributed by atoms with Gasteiger partial charge in [0.2, 0.25) is 0 Å². The summed E-state index contributed by atoms with van der Waals surface area (Å²) in [6.45, 7) is 4.41. The summed E-state index contributed by atoms with van der Waals surface area (Å²) in [6, 6.07) is 17.0. The second-order valence-corrected chi connectivity index (χ2v) is 9.60. The van der Waals surface area contributed by atoms with Crippen LogP contribution >= 0.6 is 11.6 Å². The van der Waals surface area contributed by atoms with Crippen molar-refractivity contribution in [3.05, 3.63) is 76.3 Å². The van der Waals surface area contributed by atoms with Gasteiger partial charge in [0.05, 0.1) is 16.4 Å². The lowest BCUT2D eigenvalue weighted by molar-refractivity contribution is 0.104. The molecule has 1 aliphatic carbocycles. The highest BCUT2D eigenvalue weighted by atomic mass is 35.5. The summed E-state index contributed by atoms with van der Waals surface area (Å²) in [5.41, 5.74) is 6.83. The lowest BCUT2D eigenvalue weighted by Gasteiger charge is -2.35. The predicted molar refractivity (Wildman–Crippen MR) is 137 cm³/mol. The zero-order valence-corrected chi connectivity index (χ0v) is 19.7. The summed E-state index contributed by atoms with van der Waals surface area (Å²) in [4.78, 5) is 32.4. The van der Waals surface area contributed by atoms with Gasteiger partial charge >= 0.3 is 6.03 Å². The molecule has 0 aromatic heterocycles. The normalized spacial score (nSPS) is 16.9. The van der Waals surface area contributed by atoms with E-state index < -0.39 is 0 Å². The molecule has 0 bridgehead atoms. The zero-order chi connectivity index (χ0) is 23.4. The molecule has 2 amide bonds. The van der Waals surface area contributed by atoms with Crippen molar-refractivity contribution in [1.29, 1.82) is 0 Å². The number of carbonyl (C=O) groups is 2.